The van der Waals surface area contributed by atoms with E-state index in [9.17, 15) is 14.7 Å². The zero-order valence-corrected chi connectivity index (χ0v) is 19.0. The van der Waals surface area contributed by atoms with Crippen LogP contribution in [-0.2, 0) is 19.1 Å². The summed E-state index contributed by atoms with van der Waals surface area (Å²) in [5.74, 6) is 1.09. The lowest BCUT2D eigenvalue weighted by molar-refractivity contribution is -0.433. The van der Waals surface area contributed by atoms with Crippen molar-refractivity contribution in [1.29, 1.82) is 0 Å². The van der Waals surface area contributed by atoms with Crippen molar-refractivity contribution in [1.82, 2.24) is 4.90 Å². The van der Waals surface area contributed by atoms with Crippen LogP contribution in [0.25, 0.3) is 0 Å². The molecule has 2 heterocycles. The molecule has 1 N–H and O–H groups in total. The number of ketones is 1. The van der Waals surface area contributed by atoms with Crippen molar-refractivity contribution in [2.45, 2.75) is 94.3 Å². The summed E-state index contributed by atoms with van der Waals surface area (Å²) < 4.78 is 12.3. The Kier molecular flexibility index (Phi) is 3.82. The third-order valence-corrected chi connectivity index (χ3v) is 10.2. The Bertz CT molecular complexity index is 965. The fraction of sp³-hybridized carbons (Fsp3) is 0.769. The minimum atomic E-state index is -0.807. The van der Waals surface area contributed by atoms with E-state index < -0.39 is 17.1 Å². The molecular formula is C26H33NO5. The summed E-state index contributed by atoms with van der Waals surface area (Å²) in [4.78, 5) is 28.3. The van der Waals surface area contributed by atoms with Gasteiger partial charge in [0.25, 0.3) is 0 Å². The molecule has 5 saturated carbocycles. The Hall–Kier alpha value is -1.50. The van der Waals surface area contributed by atoms with Gasteiger partial charge in [-0.2, -0.15) is 0 Å². The van der Waals surface area contributed by atoms with Crippen molar-refractivity contribution in [2.24, 2.45) is 23.2 Å². The number of allylic oxidation sites excluding steroid dienone is 3. The molecule has 2 aliphatic heterocycles. The van der Waals surface area contributed by atoms with E-state index in [1.807, 2.05) is 19.9 Å². The number of ether oxygens (including phenoxy) is 2. The van der Waals surface area contributed by atoms with Gasteiger partial charge in [0.1, 0.15) is 17.8 Å². The number of rotatable bonds is 5. The van der Waals surface area contributed by atoms with Crippen LogP contribution >= 0.6 is 0 Å². The molecule has 0 amide bonds. The summed E-state index contributed by atoms with van der Waals surface area (Å²) >= 11 is 0. The number of hydrogen-bond acceptors (Lipinski definition) is 6. The summed E-state index contributed by atoms with van der Waals surface area (Å²) in [7, 11) is 0. The summed E-state index contributed by atoms with van der Waals surface area (Å²) in [5, 5.41) is 12.2. The lowest BCUT2D eigenvalue weighted by Crippen LogP contribution is -3.02. The summed E-state index contributed by atoms with van der Waals surface area (Å²) in [6, 6.07) is 0.169. The van der Waals surface area contributed by atoms with Crippen LogP contribution in [0.3, 0.4) is 0 Å². The summed E-state index contributed by atoms with van der Waals surface area (Å²) in [6.45, 7) is 5.00. The first kappa shape index (κ1) is 19.9. The van der Waals surface area contributed by atoms with Crippen molar-refractivity contribution >= 4 is 11.8 Å². The molecule has 7 fully saturated rings. The van der Waals surface area contributed by atoms with E-state index in [-0.39, 0.29) is 41.5 Å². The van der Waals surface area contributed by atoms with E-state index in [2.05, 4.69) is 4.90 Å². The molecule has 0 aromatic rings. The number of piperidine rings is 1. The predicted octanol–water partition coefficient (Wildman–Crippen LogP) is 2.54. The molecule has 6 nitrogen and oxygen atoms in total. The van der Waals surface area contributed by atoms with Crippen molar-refractivity contribution in [3.63, 3.8) is 0 Å². The molecule has 32 heavy (non-hydrogen) atoms. The van der Waals surface area contributed by atoms with E-state index in [1.54, 1.807) is 6.08 Å². The maximum absolute atomic E-state index is 13.3. The van der Waals surface area contributed by atoms with Gasteiger partial charge in [-0.1, -0.05) is 17.7 Å². The number of Topliss-reactive ketones (excluding diaryl/α,β-unsaturated/α-hetero) is 1. The highest BCUT2D eigenvalue weighted by Crippen LogP contribution is 2.83. The van der Waals surface area contributed by atoms with Crippen molar-refractivity contribution < 1.29 is 24.2 Å². The number of carbonyl (C=O) groups excluding carboxylic acids is 2. The van der Waals surface area contributed by atoms with E-state index in [0.717, 1.165) is 43.7 Å². The van der Waals surface area contributed by atoms with Gasteiger partial charge < -0.3 is 14.6 Å². The van der Waals surface area contributed by atoms with Crippen LogP contribution < -0.4 is 0 Å². The van der Waals surface area contributed by atoms with Gasteiger partial charge in [-0.15, -0.1) is 0 Å². The maximum atomic E-state index is 13.3. The minimum absolute atomic E-state index is 0.113. The molecule has 6 heteroatoms. The molecular weight excluding hydrogens is 406 g/mol. The molecule has 2 bridgehead atoms. The van der Waals surface area contributed by atoms with Crippen LogP contribution in [0.5, 0.6) is 0 Å². The van der Waals surface area contributed by atoms with Crippen LogP contribution in [0.1, 0.15) is 58.8 Å². The first-order valence-corrected chi connectivity index (χ1v) is 12.5. The van der Waals surface area contributed by atoms with Crippen molar-refractivity contribution in [2.75, 3.05) is 6.54 Å². The molecule has 5 unspecified atom stereocenters. The van der Waals surface area contributed by atoms with Gasteiger partial charge in [-0.25, -0.2) is 4.79 Å². The molecule has 2 saturated heterocycles. The van der Waals surface area contributed by atoms with Gasteiger partial charge in [0, 0.05) is 36.4 Å². The Balaban J connectivity index is 1.19. The lowest BCUT2D eigenvalue weighted by atomic mass is 9.26. The number of likely N-dealkylation sites (tertiary alicyclic amines) is 1. The molecule has 7 aliphatic rings. The van der Waals surface area contributed by atoms with Gasteiger partial charge in [-0.05, 0) is 64.2 Å². The second-order valence-electron chi connectivity index (χ2n) is 11.9. The first-order chi connectivity index (χ1) is 15.3. The van der Waals surface area contributed by atoms with Crippen molar-refractivity contribution in [3.8, 4) is 0 Å². The summed E-state index contributed by atoms with van der Waals surface area (Å²) in [5.41, 5.74) is -0.513. The summed E-state index contributed by atoms with van der Waals surface area (Å²) in [6.07, 6.45) is 10.5. The first-order valence-electron chi connectivity index (χ1n) is 12.5. The quantitative estimate of drug-likeness (QED) is 0.403. The molecule has 0 aromatic carbocycles. The molecule has 9 atom stereocenters. The fourth-order valence-corrected chi connectivity index (χ4v) is 9.11. The van der Waals surface area contributed by atoms with E-state index in [1.165, 1.54) is 18.9 Å². The Labute approximate surface area is 189 Å². The van der Waals surface area contributed by atoms with Crippen molar-refractivity contribution in [3.05, 3.63) is 23.8 Å². The highest BCUT2D eigenvalue weighted by Gasteiger charge is 2.96. The Morgan fingerprint density at radius 1 is 1.28 bits per heavy atom. The predicted molar refractivity (Wildman–Crippen MR) is 116 cm³/mol. The number of aliphatic hydroxyl groups is 1. The van der Waals surface area contributed by atoms with E-state index in [4.69, 9.17) is 9.47 Å². The SMILES string of the molecule is CC(C)=C/C=C/C(=O)OC1CCC2C[C@H]3N(CC4CC4)C45CC(=O)[C@@H]6OC1C2[C@]6(C4)[C@]35O. The third kappa shape index (κ3) is 2.09. The van der Waals surface area contributed by atoms with Gasteiger partial charge in [-0.3, -0.25) is 9.69 Å². The molecule has 0 radical (unpaired) electrons. The number of nitrogens with zero attached hydrogens (tertiary/aromatic N) is 1. The van der Waals surface area contributed by atoms with Crippen LogP contribution in [-0.4, -0.2) is 63.8 Å². The maximum Gasteiger partial charge on any atom is 0.331 e. The van der Waals surface area contributed by atoms with Crippen LogP contribution in [0.15, 0.2) is 23.8 Å². The van der Waals surface area contributed by atoms with Gasteiger partial charge in [0.2, 0.25) is 0 Å². The molecule has 5 aliphatic carbocycles. The number of hydrogen-bond donors (Lipinski definition) is 1. The number of esters is 1. The second kappa shape index (κ2) is 6.13. The monoisotopic (exact) mass is 439 g/mol. The van der Waals surface area contributed by atoms with Gasteiger partial charge in [0.15, 0.2) is 5.78 Å². The smallest absolute Gasteiger partial charge is 0.331 e. The van der Waals surface area contributed by atoms with E-state index >= 15 is 0 Å². The topological polar surface area (TPSA) is 76.1 Å². The second-order valence-corrected chi connectivity index (χ2v) is 11.9. The zero-order chi connectivity index (χ0) is 22.0. The van der Waals surface area contributed by atoms with Crippen LogP contribution in [0.2, 0.25) is 0 Å². The Morgan fingerprint density at radius 3 is 2.84 bits per heavy atom. The molecule has 0 aromatic heterocycles. The molecule has 172 valence electrons. The third-order valence-electron chi connectivity index (χ3n) is 10.2. The van der Waals surface area contributed by atoms with Crippen LogP contribution in [0, 0.1) is 23.2 Å². The van der Waals surface area contributed by atoms with E-state index in [0.29, 0.717) is 12.3 Å². The average molecular weight is 440 g/mol. The zero-order valence-electron chi connectivity index (χ0n) is 19.0. The van der Waals surface area contributed by atoms with Crippen LogP contribution in [0.4, 0.5) is 0 Å². The van der Waals surface area contributed by atoms with Gasteiger partial charge in [0.05, 0.1) is 11.6 Å². The normalized spacial score (nSPS) is 52.2. The largest absolute Gasteiger partial charge is 0.456 e. The average Bonchev–Trinajstić information content (AvgIpc) is 3.48. The molecule has 7 rings (SSSR count). The Morgan fingerprint density at radius 2 is 2.09 bits per heavy atom. The minimum Gasteiger partial charge on any atom is -0.456 e. The van der Waals surface area contributed by atoms with Gasteiger partial charge >= 0.3 is 5.97 Å². The number of carbonyl (C=O) groups is 2. The standard InChI is InChI=1S/C26H33NO5/c1-14(2)4-3-5-20(29)31-18-9-8-16-10-19-26(30)24(27(19)12-15-6-7-15)11-17(28)23-25(26,13-24)21(16)22(18)32-23/h3-5,15-16,18-19,21-23,30H,6-13H2,1-2H3/b5-3+/t16?,18?,19-,21?,22?,23+,24?,25+,26+/m1/s1. The fourth-order valence-electron chi connectivity index (χ4n) is 9.11. The highest BCUT2D eigenvalue weighted by atomic mass is 16.6. The molecule has 2 spiro atoms. The highest BCUT2D eigenvalue weighted by molar-refractivity contribution is 5.91. The lowest BCUT2D eigenvalue weighted by Gasteiger charge is -2.88.